The van der Waals surface area contributed by atoms with Gasteiger partial charge in [-0.2, -0.15) is 0 Å². The minimum absolute atomic E-state index is 0.0570. The minimum atomic E-state index is -0.804. The van der Waals surface area contributed by atoms with Gasteiger partial charge in [0, 0.05) is 19.5 Å². The molecule has 4 N–H and O–H groups in total. The van der Waals surface area contributed by atoms with Crippen LogP contribution in [0.25, 0.3) is 0 Å². The van der Waals surface area contributed by atoms with E-state index in [9.17, 15) is 9.59 Å². The van der Waals surface area contributed by atoms with E-state index in [0.717, 1.165) is 0 Å². The Morgan fingerprint density at radius 1 is 1.12 bits per heavy atom. The molecule has 0 aliphatic rings. The van der Waals surface area contributed by atoms with Crippen LogP contribution in [0.5, 0.6) is 0 Å². The van der Waals surface area contributed by atoms with Gasteiger partial charge < -0.3 is 16.4 Å². The summed E-state index contributed by atoms with van der Waals surface area (Å²) in [6.07, 6.45) is 1.48. The highest BCUT2D eigenvalue weighted by molar-refractivity contribution is 5.86. The number of hydrogen-bond donors (Lipinski definition) is 3. The Morgan fingerprint density at radius 2 is 1.69 bits per heavy atom. The van der Waals surface area contributed by atoms with E-state index in [0.29, 0.717) is 32.4 Å². The number of hydrogen-bond acceptors (Lipinski definition) is 3. The SMILES string of the molecule is CCNC(=O)CCNC(=O)C(N)(CC)CC. The third-order valence-corrected chi connectivity index (χ3v) is 2.73. The van der Waals surface area contributed by atoms with Gasteiger partial charge in [-0.05, 0) is 19.8 Å². The number of rotatable bonds is 7. The molecule has 0 aromatic carbocycles. The largest absolute Gasteiger partial charge is 0.356 e. The second-order valence-corrected chi connectivity index (χ2v) is 3.82. The summed E-state index contributed by atoms with van der Waals surface area (Å²) in [7, 11) is 0. The van der Waals surface area contributed by atoms with Crippen molar-refractivity contribution in [2.24, 2.45) is 5.73 Å². The molecule has 5 heteroatoms. The Morgan fingerprint density at radius 3 is 2.12 bits per heavy atom. The molecule has 0 heterocycles. The first-order chi connectivity index (χ1) is 7.50. The van der Waals surface area contributed by atoms with Crippen LogP contribution in [0, 0.1) is 0 Å². The van der Waals surface area contributed by atoms with Crippen LogP contribution in [0.1, 0.15) is 40.0 Å². The van der Waals surface area contributed by atoms with E-state index < -0.39 is 5.54 Å². The van der Waals surface area contributed by atoms with Crippen molar-refractivity contribution in [3.05, 3.63) is 0 Å². The summed E-state index contributed by atoms with van der Waals surface area (Å²) in [5, 5.41) is 5.35. The maximum absolute atomic E-state index is 11.7. The first kappa shape index (κ1) is 14.9. The fourth-order valence-electron chi connectivity index (χ4n) is 1.32. The van der Waals surface area contributed by atoms with Crippen molar-refractivity contribution in [2.75, 3.05) is 13.1 Å². The predicted octanol–water partition coefficient (Wildman–Crippen LogP) is 0.146. The molecule has 94 valence electrons. The molecule has 0 aliphatic carbocycles. The van der Waals surface area contributed by atoms with E-state index in [1.54, 1.807) is 0 Å². The summed E-state index contributed by atoms with van der Waals surface area (Å²) >= 11 is 0. The van der Waals surface area contributed by atoms with Crippen LogP contribution in [0.15, 0.2) is 0 Å². The standard InChI is InChI=1S/C11H23N3O2/c1-4-11(12,5-2)10(16)14-8-7-9(15)13-6-3/h4-8,12H2,1-3H3,(H,13,15)(H,14,16). The summed E-state index contributed by atoms with van der Waals surface area (Å²) in [5.74, 6) is -0.236. The lowest BCUT2D eigenvalue weighted by atomic mass is 9.93. The highest BCUT2D eigenvalue weighted by atomic mass is 16.2. The van der Waals surface area contributed by atoms with Crippen molar-refractivity contribution in [3.63, 3.8) is 0 Å². The third-order valence-electron chi connectivity index (χ3n) is 2.73. The quantitative estimate of drug-likeness (QED) is 0.581. The van der Waals surface area contributed by atoms with Crippen molar-refractivity contribution in [1.82, 2.24) is 10.6 Å². The molecule has 16 heavy (non-hydrogen) atoms. The normalized spacial score (nSPS) is 11.0. The number of carbonyl (C=O) groups excluding carboxylic acids is 2. The maximum atomic E-state index is 11.7. The van der Waals surface area contributed by atoms with Gasteiger partial charge >= 0.3 is 0 Å². The molecule has 0 aromatic rings. The van der Waals surface area contributed by atoms with E-state index in [2.05, 4.69) is 10.6 Å². The lowest BCUT2D eigenvalue weighted by Gasteiger charge is -2.25. The van der Waals surface area contributed by atoms with Crippen LogP contribution in [0.2, 0.25) is 0 Å². The Hall–Kier alpha value is -1.10. The topological polar surface area (TPSA) is 84.2 Å². The molecule has 0 bridgehead atoms. The van der Waals surface area contributed by atoms with Gasteiger partial charge in [0.15, 0.2) is 0 Å². The second kappa shape index (κ2) is 7.22. The van der Waals surface area contributed by atoms with Crippen molar-refractivity contribution >= 4 is 11.8 Å². The number of carbonyl (C=O) groups is 2. The average molecular weight is 229 g/mol. The Kier molecular flexibility index (Phi) is 6.72. The van der Waals surface area contributed by atoms with Gasteiger partial charge in [0.25, 0.3) is 0 Å². The smallest absolute Gasteiger partial charge is 0.240 e. The van der Waals surface area contributed by atoms with Crippen LogP contribution in [0.3, 0.4) is 0 Å². The van der Waals surface area contributed by atoms with Crippen LogP contribution in [-0.2, 0) is 9.59 Å². The van der Waals surface area contributed by atoms with Crippen LogP contribution < -0.4 is 16.4 Å². The lowest BCUT2D eigenvalue weighted by molar-refractivity contribution is -0.126. The molecular formula is C11H23N3O2. The molecule has 0 saturated carbocycles. The molecule has 0 rings (SSSR count). The molecule has 0 spiro atoms. The Balaban J connectivity index is 3.94. The second-order valence-electron chi connectivity index (χ2n) is 3.82. The minimum Gasteiger partial charge on any atom is -0.356 e. The highest BCUT2D eigenvalue weighted by Crippen LogP contribution is 2.10. The number of amides is 2. The molecular weight excluding hydrogens is 206 g/mol. The molecule has 0 unspecified atom stereocenters. The summed E-state index contributed by atoms with van der Waals surface area (Å²) in [5.41, 5.74) is 5.10. The predicted molar refractivity (Wildman–Crippen MR) is 63.8 cm³/mol. The van der Waals surface area contributed by atoms with Crippen LogP contribution >= 0.6 is 0 Å². The van der Waals surface area contributed by atoms with Gasteiger partial charge in [-0.3, -0.25) is 9.59 Å². The molecule has 2 amide bonds. The molecule has 0 saturated heterocycles. The number of nitrogens with one attached hydrogen (secondary N) is 2. The summed E-state index contributed by atoms with van der Waals surface area (Å²) in [6.45, 7) is 6.57. The first-order valence-corrected chi connectivity index (χ1v) is 5.84. The van der Waals surface area contributed by atoms with Crippen molar-refractivity contribution in [3.8, 4) is 0 Å². The fraction of sp³-hybridized carbons (Fsp3) is 0.818. The van der Waals surface area contributed by atoms with Gasteiger partial charge in [-0.1, -0.05) is 13.8 Å². The molecule has 0 aromatic heterocycles. The van der Waals surface area contributed by atoms with E-state index in [-0.39, 0.29) is 11.8 Å². The zero-order valence-corrected chi connectivity index (χ0v) is 10.4. The third kappa shape index (κ3) is 4.61. The van der Waals surface area contributed by atoms with Gasteiger partial charge in [-0.15, -0.1) is 0 Å². The summed E-state index contributed by atoms with van der Waals surface area (Å²) in [4.78, 5) is 22.8. The summed E-state index contributed by atoms with van der Waals surface area (Å²) in [6, 6.07) is 0. The van der Waals surface area contributed by atoms with Crippen molar-refractivity contribution in [2.45, 2.75) is 45.6 Å². The zero-order valence-electron chi connectivity index (χ0n) is 10.4. The maximum Gasteiger partial charge on any atom is 0.240 e. The van der Waals surface area contributed by atoms with E-state index >= 15 is 0 Å². The average Bonchev–Trinajstić information content (AvgIpc) is 2.28. The molecule has 0 aliphatic heterocycles. The van der Waals surface area contributed by atoms with Gasteiger partial charge in [0.05, 0.1) is 5.54 Å². The lowest BCUT2D eigenvalue weighted by Crippen LogP contribution is -2.53. The number of nitrogens with two attached hydrogens (primary N) is 1. The van der Waals surface area contributed by atoms with Gasteiger partial charge in [-0.25, -0.2) is 0 Å². The van der Waals surface area contributed by atoms with E-state index in [4.69, 9.17) is 5.73 Å². The fourth-order valence-corrected chi connectivity index (χ4v) is 1.32. The molecule has 0 fully saturated rings. The molecule has 5 nitrogen and oxygen atoms in total. The van der Waals surface area contributed by atoms with Crippen molar-refractivity contribution < 1.29 is 9.59 Å². The van der Waals surface area contributed by atoms with Crippen molar-refractivity contribution in [1.29, 1.82) is 0 Å². The first-order valence-electron chi connectivity index (χ1n) is 5.84. The van der Waals surface area contributed by atoms with Crippen LogP contribution in [0.4, 0.5) is 0 Å². The Bertz CT molecular complexity index is 237. The monoisotopic (exact) mass is 229 g/mol. The summed E-state index contributed by atoms with van der Waals surface area (Å²) < 4.78 is 0. The zero-order chi connectivity index (χ0) is 12.6. The van der Waals surface area contributed by atoms with Crippen LogP contribution in [-0.4, -0.2) is 30.4 Å². The molecule has 0 atom stereocenters. The van der Waals surface area contributed by atoms with Gasteiger partial charge in [0.1, 0.15) is 0 Å². The molecule has 0 radical (unpaired) electrons. The van der Waals surface area contributed by atoms with E-state index in [1.165, 1.54) is 0 Å². The Labute approximate surface area is 97.2 Å². The van der Waals surface area contributed by atoms with Gasteiger partial charge in [0.2, 0.25) is 11.8 Å². The van der Waals surface area contributed by atoms with E-state index in [1.807, 2.05) is 20.8 Å². The highest BCUT2D eigenvalue weighted by Gasteiger charge is 2.29.